The van der Waals surface area contributed by atoms with E-state index in [0.29, 0.717) is 53.2 Å². The van der Waals surface area contributed by atoms with Gasteiger partial charge in [-0.3, -0.25) is 0 Å². The zero-order valence-electron chi connectivity index (χ0n) is 28.6. The van der Waals surface area contributed by atoms with Crippen molar-refractivity contribution in [2.45, 2.75) is 62.3 Å². The van der Waals surface area contributed by atoms with Crippen molar-refractivity contribution in [1.29, 1.82) is 0 Å². The van der Waals surface area contributed by atoms with Crippen molar-refractivity contribution >= 4 is 17.9 Å². The molecule has 10 atom stereocenters. The lowest BCUT2D eigenvalue weighted by atomic mass is 9.49. The Labute approximate surface area is 295 Å². The molecule has 4 aliphatic rings. The minimum Gasteiger partial charge on any atom is -0.497 e. The van der Waals surface area contributed by atoms with Gasteiger partial charge >= 0.3 is 17.9 Å². The van der Waals surface area contributed by atoms with E-state index in [1.54, 1.807) is 87.0 Å². The first-order valence-corrected chi connectivity index (χ1v) is 17.2. The van der Waals surface area contributed by atoms with E-state index in [0.717, 1.165) is 0 Å². The van der Waals surface area contributed by atoms with E-state index in [2.05, 4.69) is 0 Å². The molecule has 270 valence electrons. The highest BCUT2D eigenvalue weighted by molar-refractivity contribution is 5.90. The van der Waals surface area contributed by atoms with Crippen molar-refractivity contribution in [2.24, 2.45) is 23.2 Å². The van der Waals surface area contributed by atoms with E-state index in [-0.39, 0.29) is 18.9 Å². The van der Waals surface area contributed by atoms with Gasteiger partial charge < -0.3 is 43.4 Å². The van der Waals surface area contributed by atoms with Crippen LogP contribution in [0.3, 0.4) is 0 Å². The number of esters is 3. The monoisotopic (exact) mass is 702 g/mol. The minimum atomic E-state index is -1.04. The summed E-state index contributed by atoms with van der Waals surface area (Å²) >= 11 is 0. The average molecular weight is 703 g/mol. The number of carbonyl (C=O) groups is 3. The molecule has 12 heteroatoms. The normalized spacial score (nSPS) is 31.8. The molecule has 2 bridgehead atoms. The largest absolute Gasteiger partial charge is 0.497 e. The summed E-state index contributed by atoms with van der Waals surface area (Å²) in [6.07, 6.45) is -3.29. The maximum absolute atomic E-state index is 13.3. The van der Waals surface area contributed by atoms with Crippen molar-refractivity contribution < 1.29 is 57.8 Å². The fourth-order valence-corrected chi connectivity index (χ4v) is 8.90. The standard InChI is InChI=1S/C39H42O12/c1-45-24-10-4-21(5-11-24)36(42)48-20-39-17-16-27-32(28(40)18-30(34(27)41)50-37(43)22-6-12-25(46-2)13-7-22)33(39)29-19-31(35(39)49-29)51-38(44)23-8-14-26(47-3)15-9-23/h4-15,27-35,40-41H,16-20H2,1-3H3/t27-,28-,29-,30-,31-,32+,33+,34+,35+,39+/m1/s1. The number of methoxy groups -OCH3 is 3. The van der Waals surface area contributed by atoms with E-state index in [1.807, 2.05) is 0 Å². The van der Waals surface area contributed by atoms with Crippen LogP contribution in [0.1, 0.15) is 56.8 Å². The number of hydrogen-bond donors (Lipinski definition) is 2. The smallest absolute Gasteiger partial charge is 0.338 e. The molecule has 0 radical (unpaired) electrons. The quantitative estimate of drug-likeness (QED) is 0.229. The summed E-state index contributed by atoms with van der Waals surface area (Å²) in [6, 6.07) is 19.7. The summed E-state index contributed by atoms with van der Waals surface area (Å²) in [4.78, 5) is 39.7. The fraction of sp³-hybridized carbons (Fsp3) is 0.462. The van der Waals surface area contributed by atoms with Crippen LogP contribution < -0.4 is 14.2 Å². The molecule has 2 saturated heterocycles. The number of hydrogen-bond acceptors (Lipinski definition) is 12. The molecule has 7 rings (SSSR count). The zero-order valence-corrected chi connectivity index (χ0v) is 28.6. The second kappa shape index (κ2) is 14.2. The number of aliphatic hydroxyl groups is 2. The van der Waals surface area contributed by atoms with Crippen LogP contribution in [0.15, 0.2) is 72.8 Å². The number of aliphatic hydroxyl groups excluding tert-OH is 2. The molecule has 2 aliphatic heterocycles. The molecule has 51 heavy (non-hydrogen) atoms. The Bertz CT molecular complexity index is 1720. The topological polar surface area (TPSA) is 156 Å². The zero-order chi connectivity index (χ0) is 35.9. The van der Waals surface area contributed by atoms with E-state index in [4.69, 9.17) is 33.2 Å². The Morgan fingerprint density at radius 3 is 1.71 bits per heavy atom. The van der Waals surface area contributed by atoms with Crippen molar-refractivity contribution in [3.63, 3.8) is 0 Å². The molecule has 0 unspecified atom stereocenters. The van der Waals surface area contributed by atoms with E-state index in [1.165, 1.54) is 7.11 Å². The Morgan fingerprint density at radius 1 is 0.706 bits per heavy atom. The van der Waals surface area contributed by atoms with Gasteiger partial charge in [-0.15, -0.1) is 0 Å². The number of ether oxygens (including phenoxy) is 7. The van der Waals surface area contributed by atoms with Crippen molar-refractivity contribution in [1.82, 2.24) is 0 Å². The van der Waals surface area contributed by atoms with Crippen LogP contribution in [-0.2, 0) is 18.9 Å². The Balaban J connectivity index is 1.12. The summed E-state index contributed by atoms with van der Waals surface area (Å²) in [6.45, 7) is -0.0395. The lowest BCUT2D eigenvalue weighted by Crippen LogP contribution is -2.63. The lowest BCUT2D eigenvalue weighted by Gasteiger charge is -2.56. The van der Waals surface area contributed by atoms with Gasteiger partial charge in [-0.2, -0.15) is 0 Å². The molecule has 0 aromatic heterocycles. The molecule has 12 nitrogen and oxygen atoms in total. The molecule has 4 fully saturated rings. The maximum Gasteiger partial charge on any atom is 0.338 e. The van der Waals surface area contributed by atoms with Crippen molar-refractivity contribution in [3.05, 3.63) is 89.5 Å². The van der Waals surface area contributed by atoms with E-state index >= 15 is 0 Å². The first kappa shape index (κ1) is 34.8. The number of benzene rings is 3. The fourth-order valence-electron chi connectivity index (χ4n) is 8.90. The molecule has 3 aromatic carbocycles. The van der Waals surface area contributed by atoms with Crippen LogP contribution in [0.2, 0.25) is 0 Å². The predicted molar refractivity (Wildman–Crippen MR) is 180 cm³/mol. The van der Waals surface area contributed by atoms with Gasteiger partial charge in [0.1, 0.15) is 42.2 Å². The summed E-state index contributed by atoms with van der Waals surface area (Å²) < 4.78 is 40.0. The second-order valence-electron chi connectivity index (χ2n) is 13.8. The van der Waals surface area contributed by atoms with Gasteiger partial charge in [0.25, 0.3) is 0 Å². The van der Waals surface area contributed by atoms with E-state index < -0.39 is 71.8 Å². The van der Waals surface area contributed by atoms with Crippen LogP contribution in [-0.4, -0.2) is 92.7 Å². The SMILES string of the molecule is COc1ccc(C(=O)OC[C@@]23CC[C@H]4[C@H](O)[C@H](OC(=O)c5ccc(OC)cc5)C[C@@H](O)[C@H]4[C@@H]2[C@H]2C[C@@H](OC(=O)c4ccc(OC)cc4)[C@@H]3O2)cc1. The van der Waals surface area contributed by atoms with Crippen LogP contribution in [0.4, 0.5) is 0 Å². The number of fused-ring (bicyclic) bond motifs is 7. The minimum absolute atomic E-state index is 0.0235. The molecule has 2 heterocycles. The molecule has 0 amide bonds. The Morgan fingerprint density at radius 2 is 1.20 bits per heavy atom. The predicted octanol–water partition coefficient (Wildman–Crippen LogP) is 4.25. The third-order valence-corrected chi connectivity index (χ3v) is 11.3. The highest BCUT2D eigenvalue weighted by atomic mass is 16.6. The van der Waals surface area contributed by atoms with Crippen LogP contribution in [0.25, 0.3) is 0 Å². The molecule has 3 aromatic rings. The summed E-state index contributed by atoms with van der Waals surface area (Å²) in [7, 11) is 4.62. The highest BCUT2D eigenvalue weighted by Crippen LogP contribution is 2.64. The Hall–Kier alpha value is -4.65. The first-order chi connectivity index (χ1) is 24.6. The third kappa shape index (κ3) is 6.41. The van der Waals surface area contributed by atoms with Crippen molar-refractivity contribution in [2.75, 3.05) is 27.9 Å². The highest BCUT2D eigenvalue weighted by Gasteiger charge is 2.71. The second-order valence-corrected chi connectivity index (χ2v) is 13.8. The van der Waals surface area contributed by atoms with Crippen LogP contribution in [0.5, 0.6) is 17.2 Å². The molecule has 0 spiro atoms. The summed E-state index contributed by atoms with van der Waals surface area (Å²) in [5.74, 6) is -1.03. The summed E-state index contributed by atoms with van der Waals surface area (Å²) in [5, 5.41) is 23.4. The van der Waals surface area contributed by atoms with Gasteiger partial charge in [0, 0.05) is 24.2 Å². The Kier molecular flexibility index (Phi) is 9.66. The lowest BCUT2D eigenvalue weighted by molar-refractivity contribution is -0.183. The van der Waals surface area contributed by atoms with Crippen LogP contribution in [0, 0.1) is 23.2 Å². The van der Waals surface area contributed by atoms with Gasteiger partial charge in [-0.1, -0.05) is 0 Å². The van der Waals surface area contributed by atoms with Gasteiger partial charge in [-0.25, -0.2) is 14.4 Å². The summed E-state index contributed by atoms with van der Waals surface area (Å²) in [5.41, 5.74) is 0.195. The van der Waals surface area contributed by atoms with Gasteiger partial charge in [0.05, 0.1) is 56.3 Å². The number of carbonyl (C=O) groups excluding carboxylic acids is 3. The average Bonchev–Trinajstić information content (AvgIpc) is 3.73. The van der Waals surface area contributed by atoms with Gasteiger partial charge in [0.2, 0.25) is 0 Å². The first-order valence-electron chi connectivity index (χ1n) is 17.2. The van der Waals surface area contributed by atoms with Crippen molar-refractivity contribution in [3.8, 4) is 17.2 Å². The number of rotatable bonds is 10. The molecule has 2 saturated carbocycles. The molecular formula is C39H42O12. The van der Waals surface area contributed by atoms with Gasteiger partial charge in [0.15, 0.2) is 0 Å². The molecular weight excluding hydrogens is 660 g/mol. The molecule has 2 N–H and O–H groups in total. The van der Waals surface area contributed by atoms with Crippen LogP contribution >= 0.6 is 0 Å². The third-order valence-electron chi connectivity index (χ3n) is 11.3. The van der Waals surface area contributed by atoms with Gasteiger partial charge in [-0.05, 0) is 97.5 Å². The van der Waals surface area contributed by atoms with E-state index in [9.17, 15) is 24.6 Å². The molecule has 2 aliphatic carbocycles. The maximum atomic E-state index is 13.3.